The summed E-state index contributed by atoms with van der Waals surface area (Å²) >= 11 is 4.47. The van der Waals surface area contributed by atoms with Crippen LogP contribution in [0.25, 0.3) is 0 Å². The maximum absolute atomic E-state index is 4.47. The molecule has 0 aromatic carbocycles. The molecule has 0 aromatic rings. The predicted molar refractivity (Wildman–Crippen MR) is 65.0 cm³/mol. The average molecular weight is 213 g/mol. The van der Waals surface area contributed by atoms with Crippen molar-refractivity contribution in [3.05, 3.63) is 0 Å². The summed E-state index contributed by atoms with van der Waals surface area (Å²) in [6.45, 7) is 4.99. The molecule has 82 valence electrons. The summed E-state index contributed by atoms with van der Waals surface area (Å²) < 4.78 is 0. The molecule has 0 amide bonds. The molecule has 0 aromatic heterocycles. The van der Waals surface area contributed by atoms with Crippen molar-refractivity contribution < 1.29 is 0 Å². The summed E-state index contributed by atoms with van der Waals surface area (Å²) in [5.41, 5.74) is 0. The Morgan fingerprint density at radius 1 is 1.43 bits per heavy atom. The molecule has 2 bridgehead atoms. The maximum atomic E-state index is 4.47. The first-order valence-corrected chi connectivity index (χ1v) is 6.81. The van der Waals surface area contributed by atoms with Crippen LogP contribution in [0.1, 0.15) is 39.0 Å². The van der Waals surface area contributed by atoms with Crippen LogP contribution in [-0.4, -0.2) is 29.8 Å². The quantitative estimate of drug-likeness (QED) is 0.687. The smallest absolute Gasteiger partial charge is 0.00987 e. The third-order valence-electron chi connectivity index (χ3n) is 3.97. The number of piperidine rings is 1. The molecule has 3 unspecified atom stereocenters. The molecule has 1 heterocycles. The average Bonchev–Trinajstić information content (AvgIpc) is 2.78. The fourth-order valence-electron chi connectivity index (χ4n) is 3.23. The van der Waals surface area contributed by atoms with Gasteiger partial charge in [0.2, 0.25) is 0 Å². The van der Waals surface area contributed by atoms with E-state index in [1.807, 2.05) is 0 Å². The third-order valence-corrected chi connectivity index (χ3v) is 4.49. The van der Waals surface area contributed by atoms with Crippen molar-refractivity contribution in [2.45, 2.75) is 45.1 Å². The Bertz CT molecular complexity index is 183. The summed E-state index contributed by atoms with van der Waals surface area (Å²) in [5.74, 6) is 2.95. The minimum absolute atomic E-state index is 0.836. The Balaban J connectivity index is 1.79. The highest BCUT2D eigenvalue weighted by Gasteiger charge is 2.37. The van der Waals surface area contributed by atoms with E-state index in [9.17, 15) is 0 Å². The van der Waals surface area contributed by atoms with Crippen molar-refractivity contribution in [2.24, 2.45) is 11.8 Å². The molecule has 1 aliphatic carbocycles. The van der Waals surface area contributed by atoms with Crippen molar-refractivity contribution in [2.75, 3.05) is 18.8 Å². The van der Waals surface area contributed by atoms with Crippen LogP contribution in [0.2, 0.25) is 0 Å². The molecule has 1 nitrogen and oxygen atoms in total. The molecule has 1 saturated heterocycles. The number of likely N-dealkylation sites (tertiary alicyclic amines) is 1. The second-order valence-electron chi connectivity index (χ2n) is 5.12. The van der Waals surface area contributed by atoms with E-state index in [2.05, 4.69) is 24.5 Å². The summed E-state index contributed by atoms with van der Waals surface area (Å²) in [5, 5.41) is 0. The van der Waals surface area contributed by atoms with Gasteiger partial charge in [-0.05, 0) is 43.3 Å². The first kappa shape index (κ1) is 10.8. The van der Waals surface area contributed by atoms with Gasteiger partial charge in [0.15, 0.2) is 0 Å². The second-order valence-corrected chi connectivity index (χ2v) is 5.49. The van der Waals surface area contributed by atoms with Gasteiger partial charge in [-0.1, -0.05) is 13.3 Å². The summed E-state index contributed by atoms with van der Waals surface area (Å²) in [6, 6.07) is 0.944. The molecule has 0 spiro atoms. The molecule has 2 heteroatoms. The van der Waals surface area contributed by atoms with Gasteiger partial charge in [-0.2, -0.15) is 12.6 Å². The molecular formula is C12H23NS. The van der Waals surface area contributed by atoms with Gasteiger partial charge in [0, 0.05) is 19.1 Å². The van der Waals surface area contributed by atoms with Crippen molar-refractivity contribution in [1.82, 2.24) is 4.90 Å². The van der Waals surface area contributed by atoms with Gasteiger partial charge < -0.3 is 0 Å². The monoisotopic (exact) mass is 213 g/mol. The molecule has 2 rings (SSSR count). The maximum Gasteiger partial charge on any atom is 0.00987 e. The molecule has 2 fully saturated rings. The zero-order valence-electron chi connectivity index (χ0n) is 9.28. The van der Waals surface area contributed by atoms with Crippen LogP contribution in [-0.2, 0) is 0 Å². The van der Waals surface area contributed by atoms with Crippen molar-refractivity contribution in [3.8, 4) is 0 Å². The first-order valence-electron chi connectivity index (χ1n) is 6.18. The highest BCUT2D eigenvalue weighted by molar-refractivity contribution is 7.80. The van der Waals surface area contributed by atoms with Crippen LogP contribution < -0.4 is 0 Å². The minimum Gasteiger partial charge on any atom is -0.300 e. The Morgan fingerprint density at radius 2 is 2.29 bits per heavy atom. The van der Waals surface area contributed by atoms with Gasteiger partial charge in [0.1, 0.15) is 0 Å². The zero-order chi connectivity index (χ0) is 9.97. The second kappa shape index (κ2) is 4.89. The highest BCUT2D eigenvalue weighted by Crippen LogP contribution is 2.37. The minimum atomic E-state index is 0.836. The molecule has 0 radical (unpaired) electrons. The number of fused-ring (bicyclic) bond motifs is 2. The van der Waals surface area contributed by atoms with E-state index in [0.717, 1.165) is 23.6 Å². The molecule has 1 aliphatic heterocycles. The summed E-state index contributed by atoms with van der Waals surface area (Å²) in [4.78, 5) is 2.74. The fourth-order valence-corrected chi connectivity index (χ4v) is 3.53. The predicted octanol–water partition coefficient (Wildman–Crippen LogP) is 2.82. The standard InChI is InChI=1S/C12H23NS/c1-2-3-11(9-14)8-13-7-10-4-5-12(13)6-10/h10-12,14H,2-9H2,1H3. The molecule has 0 N–H and O–H groups in total. The van der Waals surface area contributed by atoms with Crippen LogP contribution in [0.3, 0.4) is 0 Å². The number of hydrogen-bond acceptors (Lipinski definition) is 2. The van der Waals surface area contributed by atoms with Gasteiger partial charge in [-0.25, -0.2) is 0 Å². The lowest BCUT2D eigenvalue weighted by Crippen LogP contribution is -2.36. The van der Waals surface area contributed by atoms with E-state index in [-0.39, 0.29) is 0 Å². The highest BCUT2D eigenvalue weighted by atomic mass is 32.1. The normalized spacial score (nSPS) is 33.9. The van der Waals surface area contributed by atoms with E-state index in [0.29, 0.717) is 0 Å². The van der Waals surface area contributed by atoms with Crippen molar-refractivity contribution in [1.29, 1.82) is 0 Å². The largest absolute Gasteiger partial charge is 0.300 e. The Kier molecular flexibility index (Phi) is 3.78. The van der Waals surface area contributed by atoms with Gasteiger partial charge in [-0.15, -0.1) is 0 Å². The van der Waals surface area contributed by atoms with Crippen LogP contribution in [0.4, 0.5) is 0 Å². The van der Waals surface area contributed by atoms with E-state index in [4.69, 9.17) is 0 Å². The van der Waals surface area contributed by atoms with Crippen molar-refractivity contribution in [3.63, 3.8) is 0 Å². The first-order chi connectivity index (χ1) is 6.83. The van der Waals surface area contributed by atoms with Crippen molar-refractivity contribution >= 4 is 12.6 Å². The van der Waals surface area contributed by atoms with Crippen LogP contribution in [0.5, 0.6) is 0 Å². The summed E-state index contributed by atoms with van der Waals surface area (Å²) in [7, 11) is 0. The number of thiol groups is 1. The van der Waals surface area contributed by atoms with E-state index in [1.165, 1.54) is 45.2 Å². The molecule has 14 heavy (non-hydrogen) atoms. The van der Waals surface area contributed by atoms with Crippen LogP contribution in [0.15, 0.2) is 0 Å². The van der Waals surface area contributed by atoms with E-state index >= 15 is 0 Å². The van der Waals surface area contributed by atoms with Crippen LogP contribution >= 0.6 is 12.6 Å². The third kappa shape index (κ3) is 2.27. The zero-order valence-corrected chi connectivity index (χ0v) is 10.2. The van der Waals surface area contributed by atoms with E-state index < -0.39 is 0 Å². The SMILES string of the molecule is CCCC(CS)CN1CC2CCC1C2. The Labute approximate surface area is 93.7 Å². The lowest BCUT2D eigenvalue weighted by molar-refractivity contribution is 0.184. The van der Waals surface area contributed by atoms with Gasteiger partial charge in [-0.3, -0.25) is 4.90 Å². The Morgan fingerprint density at radius 3 is 2.79 bits per heavy atom. The fraction of sp³-hybridized carbons (Fsp3) is 1.00. The Hall–Kier alpha value is 0.310. The molecule has 2 aliphatic rings. The van der Waals surface area contributed by atoms with Gasteiger partial charge in [0.05, 0.1) is 0 Å². The molecular weight excluding hydrogens is 190 g/mol. The lowest BCUT2D eigenvalue weighted by Gasteiger charge is -2.30. The number of hydrogen-bond donors (Lipinski definition) is 1. The number of nitrogens with zero attached hydrogens (tertiary/aromatic N) is 1. The topological polar surface area (TPSA) is 3.24 Å². The van der Waals surface area contributed by atoms with Crippen LogP contribution in [0, 0.1) is 11.8 Å². The summed E-state index contributed by atoms with van der Waals surface area (Å²) in [6.07, 6.45) is 7.13. The molecule has 3 atom stereocenters. The van der Waals surface area contributed by atoms with Gasteiger partial charge in [0.25, 0.3) is 0 Å². The lowest BCUT2D eigenvalue weighted by atomic mass is 10.0. The van der Waals surface area contributed by atoms with Gasteiger partial charge >= 0.3 is 0 Å². The number of rotatable bonds is 5. The molecule has 1 saturated carbocycles. The van der Waals surface area contributed by atoms with E-state index in [1.54, 1.807) is 0 Å².